The molecule has 0 aliphatic rings. The van der Waals surface area contributed by atoms with Crippen LogP contribution in [0.25, 0.3) is 0 Å². The van der Waals surface area contributed by atoms with Crippen LogP contribution in [0.3, 0.4) is 0 Å². The Bertz CT molecular complexity index is 14.0. The molecule has 0 rings (SSSR count). The van der Waals surface area contributed by atoms with Crippen molar-refractivity contribution in [3.63, 3.8) is 0 Å². The van der Waals surface area contributed by atoms with Gasteiger partial charge in [0.05, 0.1) is 0 Å². The summed E-state index contributed by atoms with van der Waals surface area (Å²) in [7, 11) is 0. The van der Waals surface area contributed by atoms with Gasteiger partial charge in [-0.3, -0.25) is 0 Å². The van der Waals surface area contributed by atoms with Crippen LogP contribution in [-0.2, 0) is 0 Å². The van der Waals surface area contributed by atoms with Gasteiger partial charge in [-0.25, -0.2) is 0 Å². The topological polar surface area (TPSA) is 0 Å². The quantitative estimate of drug-likeness (QED) is 0.284. The second-order valence-corrected chi connectivity index (χ2v) is 0. The third-order valence-electron chi connectivity index (χ3n) is 0. The van der Waals surface area contributed by atoms with Gasteiger partial charge in [-0.2, -0.15) is 13.8 Å². The molecule has 0 aromatic carbocycles. The zero-order chi connectivity index (χ0) is 4.00. The van der Waals surface area contributed by atoms with Crippen molar-refractivity contribution >= 4 is 46.1 Å². The van der Waals surface area contributed by atoms with Gasteiger partial charge in [0, 0.05) is 0 Å². The normalized spacial score (nSPS) is 1.50. The maximum atomic E-state index is 3.25. The molecule has 0 nitrogen and oxygen atoms in total. The van der Waals surface area contributed by atoms with Crippen molar-refractivity contribution < 1.29 is 29.4 Å². The smallest absolute Gasteiger partial charge is 1.00 e. The summed E-state index contributed by atoms with van der Waals surface area (Å²) < 4.78 is 0. The molecule has 0 N–H and O–H groups in total. The molecule has 4 heteroatoms. The first kappa shape index (κ1) is 48.2. The fourth-order valence-electron chi connectivity index (χ4n) is 0. The molecular formula is C4H10BrClMg2. The SMILES string of the molecule is [Br-].[CH2-]C.[CH2-]C.[Cl-].[Mg+2].[Mg+2]. The summed E-state index contributed by atoms with van der Waals surface area (Å²) in [4.78, 5) is 0. The van der Waals surface area contributed by atoms with Crippen LogP contribution < -0.4 is 29.4 Å². The minimum atomic E-state index is 0. The van der Waals surface area contributed by atoms with E-state index in [0.29, 0.717) is 0 Å². The third-order valence-corrected chi connectivity index (χ3v) is 0. The van der Waals surface area contributed by atoms with E-state index in [2.05, 4.69) is 13.8 Å². The van der Waals surface area contributed by atoms with E-state index in [1.165, 1.54) is 0 Å². The summed E-state index contributed by atoms with van der Waals surface area (Å²) in [5, 5.41) is 0. The van der Waals surface area contributed by atoms with Gasteiger partial charge in [0.2, 0.25) is 0 Å². The number of halogens is 2. The van der Waals surface area contributed by atoms with Crippen LogP contribution in [0.2, 0.25) is 0 Å². The van der Waals surface area contributed by atoms with E-state index in [1.807, 2.05) is 0 Å². The molecule has 0 heterocycles. The largest absolute Gasteiger partial charge is 2.00 e. The summed E-state index contributed by atoms with van der Waals surface area (Å²) in [6, 6.07) is 0. The maximum Gasteiger partial charge on any atom is 2.00 e. The summed E-state index contributed by atoms with van der Waals surface area (Å²) in [5.74, 6) is 0. The van der Waals surface area contributed by atoms with E-state index in [0.717, 1.165) is 0 Å². The number of hydrogen-bond donors (Lipinski definition) is 0. The van der Waals surface area contributed by atoms with E-state index in [1.54, 1.807) is 13.8 Å². The molecular weight excluding hydrogens is 212 g/mol. The van der Waals surface area contributed by atoms with Gasteiger partial charge >= 0.3 is 46.1 Å². The van der Waals surface area contributed by atoms with Crippen LogP contribution in [0.1, 0.15) is 13.8 Å². The van der Waals surface area contributed by atoms with Gasteiger partial charge in [0.15, 0.2) is 0 Å². The molecule has 0 unspecified atom stereocenters. The van der Waals surface area contributed by atoms with E-state index in [9.17, 15) is 0 Å². The second kappa shape index (κ2) is 121. The van der Waals surface area contributed by atoms with Crippen molar-refractivity contribution in [2.45, 2.75) is 13.8 Å². The van der Waals surface area contributed by atoms with Crippen molar-refractivity contribution in [3.05, 3.63) is 13.8 Å². The van der Waals surface area contributed by atoms with Crippen molar-refractivity contribution in [1.29, 1.82) is 0 Å². The van der Waals surface area contributed by atoms with Crippen molar-refractivity contribution in [2.75, 3.05) is 0 Å². The Hall–Kier alpha value is 2.30. The van der Waals surface area contributed by atoms with Crippen LogP contribution in [0, 0.1) is 13.8 Å². The molecule has 0 saturated heterocycles. The number of hydrogen-bond acceptors (Lipinski definition) is 0. The monoisotopic (exact) mass is 220 g/mol. The fraction of sp³-hybridized carbons (Fsp3) is 0.500. The minimum absolute atomic E-state index is 0. The van der Waals surface area contributed by atoms with Gasteiger partial charge in [-0.1, -0.05) is 0 Å². The molecule has 8 heavy (non-hydrogen) atoms. The summed E-state index contributed by atoms with van der Waals surface area (Å²) in [6.07, 6.45) is 0. The van der Waals surface area contributed by atoms with Crippen LogP contribution in [0.15, 0.2) is 0 Å². The molecule has 0 aliphatic heterocycles. The molecule has 0 fully saturated rings. The summed E-state index contributed by atoms with van der Waals surface area (Å²) >= 11 is 0. The van der Waals surface area contributed by atoms with Gasteiger partial charge < -0.3 is 43.2 Å². The first-order chi connectivity index (χ1) is 2.00. The first-order valence-electron chi connectivity index (χ1n) is 1.41. The Morgan fingerprint density at radius 2 is 0.750 bits per heavy atom. The maximum absolute atomic E-state index is 3.25. The Morgan fingerprint density at radius 1 is 0.750 bits per heavy atom. The molecule has 0 amide bonds. The van der Waals surface area contributed by atoms with E-state index in [-0.39, 0.29) is 75.5 Å². The fourth-order valence-corrected chi connectivity index (χ4v) is 0. The molecule has 0 aliphatic carbocycles. The van der Waals surface area contributed by atoms with Gasteiger partial charge in [0.25, 0.3) is 0 Å². The second-order valence-electron chi connectivity index (χ2n) is 0. The molecule has 0 atom stereocenters. The average Bonchev–Trinajstić information content (AvgIpc) is 1.50. The summed E-state index contributed by atoms with van der Waals surface area (Å²) in [6.45, 7) is 10.0. The Balaban J connectivity index is -0.00000000167. The summed E-state index contributed by atoms with van der Waals surface area (Å²) in [5.41, 5.74) is 0. The third kappa shape index (κ3) is 83.5. The van der Waals surface area contributed by atoms with E-state index < -0.39 is 0 Å². The molecule has 0 aromatic rings. The van der Waals surface area contributed by atoms with Crippen LogP contribution in [0.4, 0.5) is 0 Å². The Kier molecular flexibility index (Phi) is 728. The Labute approximate surface area is 102 Å². The van der Waals surface area contributed by atoms with Gasteiger partial charge in [-0.05, 0) is 0 Å². The van der Waals surface area contributed by atoms with Crippen LogP contribution >= 0.6 is 0 Å². The first-order valence-corrected chi connectivity index (χ1v) is 1.41. The predicted octanol–water partition coefficient (Wildman–Crippen LogP) is -5.07. The standard InChI is InChI=1S/2C2H5.BrH.ClH.2Mg/c2*1-2;;;;/h2*1H2,2H3;2*1H;;/q2*-1;;;2*+2/p-2. The van der Waals surface area contributed by atoms with Crippen LogP contribution in [-0.4, -0.2) is 46.1 Å². The Morgan fingerprint density at radius 3 is 0.750 bits per heavy atom. The van der Waals surface area contributed by atoms with Crippen molar-refractivity contribution in [3.8, 4) is 0 Å². The van der Waals surface area contributed by atoms with Crippen LogP contribution in [0.5, 0.6) is 0 Å². The van der Waals surface area contributed by atoms with E-state index >= 15 is 0 Å². The molecule has 0 saturated carbocycles. The minimum Gasteiger partial charge on any atom is -1.00 e. The zero-order valence-corrected chi connectivity index (χ0v) is 10.8. The van der Waals surface area contributed by atoms with Gasteiger partial charge in [-0.15, -0.1) is 0 Å². The molecule has 44 valence electrons. The molecule has 0 spiro atoms. The molecule has 0 aromatic heterocycles. The van der Waals surface area contributed by atoms with Crippen molar-refractivity contribution in [1.82, 2.24) is 0 Å². The zero-order valence-electron chi connectivity index (χ0n) is 5.58. The van der Waals surface area contributed by atoms with Gasteiger partial charge in [0.1, 0.15) is 0 Å². The average molecular weight is 222 g/mol. The molecule has 0 radical (unpaired) electrons. The molecule has 0 bridgehead atoms. The van der Waals surface area contributed by atoms with Crippen molar-refractivity contribution in [2.24, 2.45) is 0 Å². The number of rotatable bonds is 0. The van der Waals surface area contributed by atoms with E-state index in [4.69, 9.17) is 0 Å². The predicted molar refractivity (Wildman–Crippen MR) is 33.6 cm³/mol.